The molecule has 1 aliphatic rings. The molecule has 0 amide bonds. The van der Waals surface area contributed by atoms with Gasteiger partial charge in [-0.25, -0.2) is 8.78 Å². The predicted molar refractivity (Wildman–Crippen MR) is 155 cm³/mol. The van der Waals surface area contributed by atoms with Crippen LogP contribution >= 0.6 is 0 Å². The maximum absolute atomic E-state index is 14.5. The summed E-state index contributed by atoms with van der Waals surface area (Å²) < 4.78 is 28.3. The monoisotopic (exact) mass is 575 g/mol. The maximum atomic E-state index is 14.5. The molecule has 3 aromatic heterocycles. The second kappa shape index (κ2) is 11.7. The number of rotatable bonds is 7. The Labute approximate surface area is 247 Å². The van der Waals surface area contributed by atoms with Gasteiger partial charge in [-0.15, -0.1) is 0 Å². The maximum Gasteiger partial charge on any atom is 0.188 e. The highest BCUT2D eigenvalue weighted by Gasteiger charge is 2.59. The van der Waals surface area contributed by atoms with Crippen LogP contribution in [0.5, 0.6) is 0 Å². The van der Waals surface area contributed by atoms with Gasteiger partial charge in [0.15, 0.2) is 11.6 Å². The van der Waals surface area contributed by atoms with Crippen molar-refractivity contribution in [2.75, 3.05) is 0 Å². The van der Waals surface area contributed by atoms with Crippen molar-refractivity contribution in [2.24, 2.45) is 11.8 Å². The van der Waals surface area contributed by atoms with Gasteiger partial charge in [0.05, 0.1) is 11.6 Å². The molecule has 1 aliphatic carbocycles. The number of pyridine rings is 3. The average Bonchev–Trinajstić information content (AvgIpc) is 3.05. The van der Waals surface area contributed by atoms with Gasteiger partial charge in [0.2, 0.25) is 0 Å². The Morgan fingerprint density at radius 1 is 0.651 bits per heavy atom. The largest absolute Gasteiger partial charge is 0.383 e. The Morgan fingerprint density at radius 2 is 1.16 bits per heavy atom. The highest BCUT2D eigenvalue weighted by molar-refractivity contribution is 6.01. The van der Waals surface area contributed by atoms with Crippen LogP contribution in [0.4, 0.5) is 8.78 Å². The van der Waals surface area contributed by atoms with Crippen molar-refractivity contribution in [1.82, 2.24) is 15.0 Å². The number of ketones is 2. The highest BCUT2D eigenvalue weighted by atomic mass is 19.1. The fourth-order valence-corrected chi connectivity index (χ4v) is 6.42. The number of benzene rings is 2. The van der Waals surface area contributed by atoms with Crippen molar-refractivity contribution in [1.29, 1.82) is 0 Å². The molecule has 214 valence electrons. The molecular weight excluding hydrogens is 548 g/mol. The van der Waals surface area contributed by atoms with Crippen LogP contribution in [0, 0.1) is 23.5 Å². The minimum atomic E-state index is -1.89. The molecule has 0 bridgehead atoms. The van der Waals surface area contributed by atoms with Gasteiger partial charge in [-0.3, -0.25) is 24.5 Å². The molecule has 5 atom stereocenters. The lowest BCUT2D eigenvalue weighted by Gasteiger charge is -2.50. The summed E-state index contributed by atoms with van der Waals surface area (Å²) in [5.41, 5.74) is -0.286. The lowest BCUT2D eigenvalue weighted by Crippen LogP contribution is -2.54. The molecule has 2 aromatic carbocycles. The van der Waals surface area contributed by atoms with E-state index >= 15 is 0 Å². The van der Waals surface area contributed by atoms with E-state index in [2.05, 4.69) is 15.0 Å². The van der Waals surface area contributed by atoms with Crippen LogP contribution in [0.15, 0.2) is 122 Å². The summed E-state index contributed by atoms with van der Waals surface area (Å²) in [7, 11) is 0. The van der Waals surface area contributed by atoms with Crippen molar-refractivity contribution < 1.29 is 23.5 Å². The number of hydrogen-bond acceptors (Lipinski definition) is 6. The minimum absolute atomic E-state index is 0.0835. The van der Waals surface area contributed by atoms with Crippen LogP contribution in [-0.4, -0.2) is 31.6 Å². The van der Waals surface area contributed by atoms with E-state index in [-0.39, 0.29) is 29.3 Å². The van der Waals surface area contributed by atoms with E-state index in [1.807, 2.05) is 0 Å². The Bertz CT molecular complexity index is 1720. The SMILES string of the molecule is O=C(c1ccccn1)[C@@H]1[C@H](c2ccc(F)cc2)[C@@H](C(=O)c2ccccn2)[C@](O)(c2ccccn2)C[C@@H]1c1ccc(F)cc1. The van der Waals surface area contributed by atoms with E-state index in [4.69, 9.17) is 0 Å². The quantitative estimate of drug-likeness (QED) is 0.229. The number of nitrogens with zero attached hydrogens (tertiary/aromatic N) is 3. The molecule has 8 heteroatoms. The molecule has 1 fully saturated rings. The third-order valence-electron chi connectivity index (χ3n) is 8.31. The van der Waals surface area contributed by atoms with Crippen molar-refractivity contribution in [3.63, 3.8) is 0 Å². The lowest BCUT2D eigenvalue weighted by molar-refractivity contribution is -0.0722. The topological polar surface area (TPSA) is 93.0 Å². The fraction of sp³-hybridized carbons (Fsp3) is 0.171. The Balaban J connectivity index is 1.65. The second-order valence-corrected chi connectivity index (χ2v) is 10.7. The number of halogens is 2. The summed E-state index contributed by atoms with van der Waals surface area (Å²) in [5.74, 6) is -5.67. The molecule has 0 unspecified atom stereocenters. The van der Waals surface area contributed by atoms with E-state index < -0.39 is 46.7 Å². The summed E-state index contributed by atoms with van der Waals surface area (Å²) in [4.78, 5) is 42.1. The van der Waals surface area contributed by atoms with Crippen molar-refractivity contribution in [3.05, 3.63) is 162 Å². The summed E-state index contributed by atoms with van der Waals surface area (Å²) in [6, 6.07) is 26.3. The van der Waals surface area contributed by atoms with Gasteiger partial charge >= 0.3 is 0 Å². The molecule has 43 heavy (non-hydrogen) atoms. The van der Waals surface area contributed by atoms with E-state index in [0.29, 0.717) is 11.1 Å². The zero-order valence-electron chi connectivity index (χ0n) is 22.9. The standard InChI is InChI=1S/C35H27F2N3O3/c36-24-14-10-22(11-15-24)26-21-35(43,29-9-3-6-20-40-29)32(34(42)28-8-2-5-19-39-28)30(23-12-16-25(37)17-13-23)31(26)33(41)27-7-1-4-18-38-27/h1-20,26,30-32,43H,21H2/t26-,30+,31+,32+,35-/m1/s1. The fourth-order valence-electron chi connectivity index (χ4n) is 6.42. The normalized spacial score (nSPS) is 23.4. The summed E-state index contributed by atoms with van der Waals surface area (Å²) in [6.07, 6.45) is 4.44. The lowest BCUT2D eigenvalue weighted by atomic mass is 9.53. The Morgan fingerprint density at radius 3 is 1.67 bits per heavy atom. The van der Waals surface area contributed by atoms with Gasteiger partial charge in [0, 0.05) is 30.4 Å². The second-order valence-electron chi connectivity index (χ2n) is 10.7. The van der Waals surface area contributed by atoms with Gasteiger partial charge in [0.1, 0.15) is 28.6 Å². The van der Waals surface area contributed by atoms with Crippen LogP contribution in [0.2, 0.25) is 0 Å². The van der Waals surface area contributed by atoms with E-state index in [9.17, 15) is 23.5 Å². The molecule has 0 aliphatic heterocycles. The third kappa shape index (κ3) is 5.37. The predicted octanol–water partition coefficient (Wildman–Crippen LogP) is 6.31. The molecular formula is C35H27F2N3O3. The zero-order valence-corrected chi connectivity index (χ0v) is 22.9. The minimum Gasteiger partial charge on any atom is -0.383 e. The molecule has 6 nitrogen and oxygen atoms in total. The first-order valence-electron chi connectivity index (χ1n) is 13.9. The smallest absolute Gasteiger partial charge is 0.188 e. The first-order valence-corrected chi connectivity index (χ1v) is 13.9. The number of carbonyl (C=O) groups is 2. The average molecular weight is 576 g/mol. The van der Waals surface area contributed by atoms with Crippen LogP contribution in [0.3, 0.4) is 0 Å². The van der Waals surface area contributed by atoms with Crippen LogP contribution < -0.4 is 0 Å². The molecule has 3 heterocycles. The molecule has 1 saturated carbocycles. The summed E-state index contributed by atoms with van der Waals surface area (Å²) in [6.45, 7) is 0. The summed E-state index contributed by atoms with van der Waals surface area (Å²) >= 11 is 0. The van der Waals surface area contributed by atoms with Gasteiger partial charge in [0.25, 0.3) is 0 Å². The number of carbonyl (C=O) groups excluding carboxylic acids is 2. The zero-order chi connectivity index (χ0) is 30.0. The number of aliphatic hydroxyl groups is 1. The number of Topliss-reactive ketones (excluding diaryl/α,β-unsaturated/α-hetero) is 2. The van der Waals surface area contributed by atoms with Crippen molar-refractivity contribution in [3.8, 4) is 0 Å². The molecule has 6 rings (SSSR count). The third-order valence-corrected chi connectivity index (χ3v) is 8.31. The van der Waals surface area contributed by atoms with E-state index in [1.165, 1.54) is 55.0 Å². The number of hydrogen-bond donors (Lipinski definition) is 1. The summed E-state index contributed by atoms with van der Waals surface area (Å²) in [5, 5.41) is 12.8. The Kier molecular flexibility index (Phi) is 7.69. The molecule has 0 radical (unpaired) electrons. The van der Waals surface area contributed by atoms with Crippen LogP contribution in [0.25, 0.3) is 0 Å². The molecule has 0 saturated heterocycles. The molecule has 1 N–H and O–H groups in total. The first kappa shape index (κ1) is 28.2. The van der Waals surface area contributed by atoms with Gasteiger partial charge < -0.3 is 5.11 Å². The van der Waals surface area contributed by atoms with Crippen molar-refractivity contribution >= 4 is 11.6 Å². The van der Waals surface area contributed by atoms with Gasteiger partial charge in [-0.1, -0.05) is 42.5 Å². The van der Waals surface area contributed by atoms with E-state index in [1.54, 1.807) is 66.7 Å². The van der Waals surface area contributed by atoms with Crippen LogP contribution in [-0.2, 0) is 5.60 Å². The van der Waals surface area contributed by atoms with Gasteiger partial charge in [-0.2, -0.15) is 0 Å². The van der Waals surface area contributed by atoms with Crippen LogP contribution in [0.1, 0.15) is 56.1 Å². The van der Waals surface area contributed by atoms with E-state index in [0.717, 1.165) is 0 Å². The Hall–Kier alpha value is -4.95. The molecule has 0 spiro atoms. The molecule has 5 aromatic rings. The van der Waals surface area contributed by atoms with Crippen molar-refractivity contribution in [2.45, 2.75) is 23.9 Å². The highest BCUT2D eigenvalue weighted by Crippen LogP contribution is 2.58. The number of aromatic nitrogens is 3. The van der Waals surface area contributed by atoms with Gasteiger partial charge in [-0.05, 0) is 84.1 Å². The first-order chi connectivity index (χ1) is 20.9.